The lowest BCUT2D eigenvalue weighted by Gasteiger charge is -2.09. The standard InChI is InChI=1S/C18H19ClN2O4/c1-11-6-14(7-12(2)18(11)19)25-10-17(23)21-20-9-13-4-5-15(22)16(8-13)24-3/h4-9,22H,10H2,1-3H3,(H,21,23)/b20-9-. The number of aryl methyl sites for hydroxylation is 2. The molecule has 0 aliphatic rings. The Balaban J connectivity index is 1.88. The van der Waals surface area contributed by atoms with E-state index in [1.54, 1.807) is 24.3 Å². The maximum atomic E-state index is 11.8. The van der Waals surface area contributed by atoms with Gasteiger partial charge in [-0.1, -0.05) is 11.6 Å². The monoisotopic (exact) mass is 362 g/mol. The minimum atomic E-state index is -0.396. The lowest BCUT2D eigenvalue weighted by Crippen LogP contribution is -2.24. The van der Waals surface area contributed by atoms with E-state index < -0.39 is 5.91 Å². The smallest absolute Gasteiger partial charge is 0.277 e. The van der Waals surface area contributed by atoms with Crippen molar-refractivity contribution in [1.82, 2.24) is 5.43 Å². The van der Waals surface area contributed by atoms with Gasteiger partial charge in [0, 0.05) is 5.02 Å². The normalized spacial score (nSPS) is 10.7. The molecule has 0 bridgehead atoms. The number of hydrogen-bond acceptors (Lipinski definition) is 5. The van der Waals surface area contributed by atoms with Gasteiger partial charge in [0.2, 0.25) is 0 Å². The molecule has 0 atom stereocenters. The number of carbonyl (C=O) groups excluding carboxylic acids is 1. The number of nitrogens with one attached hydrogen (secondary N) is 1. The highest BCUT2D eigenvalue weighted by molar-refractivity contribution is 6.32. The van der Waals surface area contributed by atoms with E-state index in [-0.39, 0.29) is 12.4 Å². The van der Waals surface area contributed by atoms with Crippen LogP contribution < -0.4 is 14.9 Å². The molecule has 0 aliphatic heterocycles. The van der Waals surface area contributed by atoms with Gasteiger partial charge in [0.15, 0.2) is 18.1 Å². The minimum Gasteiger partial charge on any atom is -0.504 e. The summed E-state index contributed by atoms with van der Waals surface area (Å²) < 4.78 is 10.4. The Bertz CT molecular complexity index is 783. The molecule has 0 radical (unpaired) electrons. The van der Waals surface area contributed by atoms with Gasteiger partial charge >= 0.3 is 0 Å². The topological polar surface area (TPSA) is 80.2 Å². The van der Waals surface area contributed by atoms with Crippen molar-refractivity contribution in [1.29, 1.82) is 0 Å². The van der Waals surface area contributed by atoms with Crippen LogP contribution >= 0.6 is 11.6 Å². The number of aromatic hydroxyl groups is 1. The van der Waals surface area contributed by atoms with Crippen molar-refractivity contribution in [3.05, 3.63) is 52.0 Å². The van der Waals surface area contributed by atoms with Gasteiger partial charge in [-0.2, -0.15) is 5.10 Å². The van der Waals surface area contributed by atoms with Crippen LogP contribution in [0.4, 0.5) is 0 Å². The molecule has 25 heavy (non-hydrogen) atoms. The number of phenolic OH excluding ortho intramolecular Hbond substituents is 1. The molecule has 0 saturated carbocycles. The van der Waals surface area contributed by atoms with Gasteiger partial charge in [-0.15, -0.1) is 0 Å². The SMILES string of the molecule is COc1cc(/C=N\NC(=O)COc2cc(C)c(Cl)c(C)c2)ccc1O. The average molecular weight is 363 g/mol. The number of carbonyl (C=O) groups is 1. The number of halogens is 1. The first kappa shape index (κ1) is 18.6. The summed E-state index contributed by atoms with van der Waals surface area (Å²) in [6.07, 6.45) is 1.44. The third-order valence-corrected chi connectivity index (χ3v) is 3.98. The highest BCUT2D eigenvalue weighted by atomic mass is 35.5. The fraction of sp³-hybridized carbons (Fsp3) is 0.222. The molecule has 2 N–H and O–H groups in total. The van der Waals surface area contributed by atoms with E-state index in [1.807, 2.05) is 13.8 Å². The molecule has 0 aliphatic carbocycles. The lowest BCUT2D eigenvalue weighted by atomic mass is 10.1. The van der Waals surface area contributed by atoms with Crippen molar-refractivity contribution < 1.29 is 19.4 Å². The first-order chi connectivity index (χ1) is 11.9. The highest BCUT2D eigenvalue weighted by Crippen LogP contribution is 2.26. The minimum absolute atomic E-state index is 0.0330. The summed E-state index contributed by atoms with van der Waals surface area (Å²) in [7, 11) is 1.45. The summed E-state index contributed by atoms with van der Waals surface area (Å²) in [5.41, 5.74) is 4.81. The third kappa shape index (κ3) is 5.12. The van der Waals surface area contributed by atoms with Crippen LogP contribution in [0.1, 0.15) is 16.7 Å². The predicted molar refractivity (Wildman–Crippen MR) is 96.8 cm³/mol. The maximum Gasteiger partial charge on any atom is 0.277 e. The number of methoxy groups -OCH3 is 1. The zero-order valence-corrected chi connectivity index (χ0v) is 14.9. The van der Waals surface area contributed by atoms with Gasteiger partial charge in [-0.25, -0.2) is 5.43 Å². The molecule has 0 spiro atoms. The van der Waals surface area contributed by atoms with Crippen LogP contribution in [-0.2, 0) is 4.79 Å². The van der Waals surface area contributed by atoms with E-state index in [2.05, 4.69) is 10.5 Å². The summed E-state index contributed by atoms with van der Waals surface area (Å²) in [6, 6.07) is 8.27. The quantitative estimate of drug-likeness (QED) is 0.611. The van der Waals surface area contributed by atoms with Crippen molar-refractivity contribution >= 4 is 23.7 Å². The van der Waals surface area contributed by atoms with E-state index in [9.17, 15) is 9.90 Å². The third-order valence-electron chi connectivity index (χ3n) is 3.39. The van der Waals surface area contributed by atoms with Crippen molar-refractivity contribution in [2.45, 2.75) is 13.8 Å². The molecule has 1 amide bonds. The lowest BCUT2D eigenvalue weighted by molar-refractivity contribution is -0.123. The molecule has 7 heteroatoms. The van der Waals surface area contributed by atoms with Crippen LogP contribution in [-0.4, -0.2) is 30.9 Å². The second kappa shape index (κ2) is 8.39. The number of amides is 1. The van der Waals surface area contributed by atoms with Crippen LogP contribution in [0.2, 0.25) is 5.02 Å². The Morgan fingerprint density at radius 3 is 2.60 bits per heavy atom. The Hall–Kier alpha value is -2.73. The second-order valence-electron chi connectivity index (χ2n) is 5.38. The zero-order valence-electron chi connectivity index (χ0n) is 14.2. The molecule has 0 heterocycles. The summed E-state index contributed by atoms with van der Waals surface area (Å²) >= 11 is 6.09. The molecule has 6 nitrogen and oxygen atoms in total. The fourth-order valence-corrected chi connectivity index (χ4v) is 2.23. The summed E-state index contributed by atoms with van der Waals surface area (Å²) in [6.45, 7) is 3.58. The Kier molecular flexibility index (Phi) is 6.25. The van der Waals surface area contributed by atoms with Crippen LogP contribution in [0, 0.1) is 13.8 Å². The molecule has 0 unspecified atom stereocenters. The van der Waals surface area contributed by atoms with Crippen LogP contribution in [0.5, 0.6) is 17.2 Å². The predicted octanol–water partition coefficient (Wildman–Crippen LogP) is 3.20. The molecule has 0 saturated heterocycles. The molecule has 2 aromatic rings. The van der Waals surface area contributed by atoms with E-state index in [1.165, 1.54) is 19.4 Å². The number of hydrogen-bond donors (Lipinski definition) is 2. The number of benzene rings is 2. The van der Waals surface area contributed by atoms with Crippen molar-refractivity contribution in [2.75, 3.05) is 13.7 Å². The van der Waals surface area contributed by atoms with Gasteiger partial charge in [-0.3, -0.25) is 4.79 Å². The van der Waals surface area contributed by atoms with Crippen LogP contribution in [0.15, 0.2) is 35.4 Å². The van der Waals surface area contributed by atoms with E-state index in [0.717, 1.165) is 11.1 Å². The maximum absolute atomic E-state index is 11.8. The van der Waals surface area contributed by atoms with E-state index in [0.29, 0.717) is 22.1 Å². The Morgan fingerprint density at radius 1 is 1.28 bits per heavy atom. The molecule has 0 fully saturated rings. The van der Waals surface area contributed by atoms with Crippen LogP contribution in [0.3, 0.4) is 0 Å². The molecule has 2 aromatic carbocycles. The summed E-state index contributed by atoms with van der Waals surface area (Å²) in [5.74, 6) is 0.534. The van der Waals surface area contributed by atoms with E-state index >= 15 is 0 Å². The average Bonchev–Trinajstić information content (AvgIpc) is 2.59. The number of nitrogens with zero attached hydrogens (tertiary/aromatic N) is 1. The van der Waals surface area contributed by atoms with E-state index in [4.69, 9.17) is 21.1 Å². The zero-order chi connectivity index (χ0) is 18.4. The number of rotatable bonds is 6. The van der Waals surface area contributed by atoms with Gasteiger partial charge < -0.3 is 14.6 Å². The summed E-state index contributed by atoms with van der Waals surface area (Å²) in [5, 5.41) is 14.0. The van der Waals surface area contributed by atoms with Crippen molar-refractivity contribution in [3.63, 3.8) is 0 Å². The molecular formula is C18H19ClN2O4. The number of hydrazone groups is 1. The molecular weight excluding hydrogens is 344 g/mol. The highest BCUT2D eigenvalue weighted by Gasteiger charge is 2.06. The van der Waals surface area contributed by atoms with Gasteiger partial charge in [0.25, 0.3) is 5.91 Å². The summed E-state index contributed by atoms with van der Waals surface area (Å²) in [4.78, 5) is 11.8. The Labute approximate surface area is 151 Å². The molecule has 0 aromatic heterocycles. The van der Waals surface area contributed by atoms with Crippen molar-refractivity contribution in [3.8, 4) is 17.2 Å². The number of ether oxygens (including phenoxy) is 2. The van der Waals surface area contributed by atoms with Gasteiger partial charge in [-0.05, 0) is 60.9 Å². The Morgan fingerprint density at radius 2 is 1.96 bits per heavy atom. The first-order valence-electron chi connectivity index (χ1n) is 7.49. The molecule has 2 rings (SSSR count). The fourth-order valence-electron chi connectivity index (χ4n) is 2.12. The first-order valence-corrected chi connectivity index (χ1v) is 7.87. The largest absolute Gasteiger partial charge is 0.504 e. The van der Waals surface area contributed by atoms with Crippen LogP contribution in [0.25, 0.3) is 0 Å². The van der Waals surface area contributed by atoms with Gasteiger partial charge in [0.05, 0.1) is 13.3 Å². The second-order valence-corrected chi connectivity index (χ2v) is 5.76. The van der Waals surface area contributed by atoms with Crippen molar-refractivity contribution in [2.24, 2.45) is 5.10 Å². The molecule has 132 valence electrons. The number of phenols is 1. The van der Waals surface area contributed by atoms with Gasteiger partial charge in [0.1, 0.15) is 5.75 Å².